The summed E-state index contributed by atoms with van der Waals surface area (Å²) in [6.07, 6.45) is 1.16. The summed E-state index contributed by atoms with van der Waals surface area (Å²) in [6, 6.07) is 0. The summed E-state index contributed by atoms with van der Waals surface area (Å²) in [7, 11) is 0. The average Bonchev–Trinajstić information content (AvgIpc) is 2.52. The Morgan fingerprint density at radius 1 is 1.62 bits per heavy atom. The van der Waals surface area contributed by atoms with E-state index < -0.39 is 0 Å². The molecule has 0 saturated carbocycles. The van der Waals surface area contributed by atoms with Gasteiger partial charge in [0.2, 0.25) is 0 Å². The predicted octanol–water partition coefficient (Wildman–Crippen LogP) is 0.641. The molecular weight excluding hydrogens is 200 g/mol. The molecule has 2 unspecified atom stereocenters. The molecule has 2 aliphatic heterocycles. The zero-order valence-electron chi connectivity index (χ0n) is 10.7. The zero-order valence-corrected chi connectivity index (χ0v) is 10.7. The molecule has 1 spiro atoms. The number of hydrogen-bond donors (Lipinski definition) is 2. The maximum Gasteiger partial charge on any atom is 0.191 e. The van der Waals surface area contributed by atoms with Gasteiger partial charge in [-0.15, -0.1) is 0 Å². The van der Waals surface area contributed by atoms with Crippen LogP contribution < -0.4 is 11.1 Å². The number of aliphatic imine (C=N–C) groups is 1. The minimum atomic E-state index is 0.194. The number of hydrogen-bond acceptors (Lipinski definition) is 4. The van der Waals surface area contributed by atoms with Crippen molar-refractivity contribution in [2.75, 3.05) is 26.2 Å². The molecule has 0 aromatic carbocycles. The van der Waals surface area contributed by atoms with E-state index in [1.807, 2.05) is 0 Å². The van der Waals surface area contributed by atoms with E-state index in [0.29, 0.717) is 11.8 Å². The van der Waals surface area contributed by atoms with Crippen molar-refractivity contribution < 1.29 is 0 Å². The Kier molecular flexibility index (Phi) is 3.10. The maximum absolute atomic E-state index is 6.05. The molecule has 2 rings (SSSR count). The van der Waals surface area contributed by atoms with Gasteiger partial charge in [0, 0.05) is 6.54 Å². The summed E-state index contributed by atoms with van der Waals surface area (Å²) in [5.41, 5.74) is 6.24. The van der Waals surface area contributed by atoms with Crippen LogP contribution in [0, 0.1) is 11.8 Å². The molecule has 0 radical (unpaired) electrons. The summed E-state index contributed by atoms with van der Waals surface area (Å²) < 4.78 is 0. The predicted molar refractivity (Wildman–Crippen MR) is 67.4 cm³/mol. The molecule has 4 nitrogen and oxygen atoms in total. The van der Waals surface area contributed by atoms with E-state index in [4.69, 9.17) is 5.73 Å². The van der Waals surface area contributed by atoms with Gasteiger partial charge in [0.25, 0.3) is 0 Å². The molecule has 0 bridgehead atoms. The van der Waals surface area contributed by atoms with Gasteiger partial charge in [-0.25, -0.2) is 0 Å². The van der Waals surface area contributed by atoms with Crippen molar-refractivity contribution in [1.29, 1.82) is 0 Å². The van der Waals surface area contributed by atoms with Crippen LogP contribution in [0.1, 0.15) is 27.2 Å². The molecule has 0 aliphatic carbocycles. The molecule has 3 N–H and O–H groups in total. The van der Waals surface area contributed by atoms with Crippen molar-refractivity contribution in [1.82, 2.24) is 10.2 Å². The molecule has 4 heteroatoms. The van der Waals surface area contributed by atoms with Gasteiger partial charge >= 0.3 is 0 Å². The molecule has 0 amide bonds. The highest BCUT2D eigenvalue weighted by molar-refractivity contribution is 5.81. The highest BCUT2D eigenvalue weighted by atomic mass is 15.4. The van der Waals surface area contributed by atoms with Crippen LogP contribution in [0.4, 0.5) is 0 Å². The Bertz CT molecular complexity index is 287. The first-order valence-corrected chi connectivity index (χ1v) is 6.34. The van der Waals surface area contributed by atoms with Crippen molar-refractivity contribution in [2.45, 2.75) is 32.7 Å². The van der Waals surface area contributed by atoms with Gasteiger partial charge in [-0.05, 0) is 31.3 Å². The van der Waals surface area contributed by atoms with Crippen LogP contribution in [0.5, 0.6) is 0 Å². The SMILES string of the molecule is CC(C)CN1C(N)=NCC12CCNCC2C. The van der Waals surface area contributed by atoms with E-state index in [0.717, 1.165) is 38.6 Å². The minimum Gasteiger partial charge on any atom is -0.370 e. The quantitative estimate of drug-likeness (QED) is 0.724. The second-order valence-corrected chi connectivity index (χ2v) is 5.64. The van der Waals surface area contributed by atoms with Crippen LogP contribution in [0.3, 0.4) is 0 Å². The molecule has 0 aromatic heterocycles. The second-order valence-electron chi connectivity index (χ2n) is 5.64. The summed E-state index contributed by atoms with van der Waals surface area (Å²) in [5.74, 6) is 2.00. The third kappa shape index (κ3) is 1.79. The Morgan fingerprint density at radius 3 is 3.00 bits per heavy atom. The van der Waals surface area contributed by atoms with E-state index in [9.17, 15) is 0 Å². The molecule has 92 valence electrons. The smallest absolute Gasteiger partial charge is 0.191 e. The number of rotatable bonds is 2. The number of piperidine rings is 1. The molecule has 2 aliphatic rings. The fraction of sp³-hybridized carbons (Fsp3) is 0.917. The zero-order chi connectivity index (χ0) is 11.8. The largest absolute Gasteiger partial charge is 0.370 e. The van der Waals surface area contributed by atoms with Gasteiger partial charge in [-0.3, -0.25) is 4.99 Å². The summed E-state index contributed by atoms with van der Waals surface area (Å²) in [4.78, 5) is 6.85. The van der Waals surface area contributed by atoms with Crippen LogP contribution in [-0.2, 0) is 0 Å². The topological polar surface area (TPSA) is 53.6 Å². The molecule has 0 aromatic rings. The Morgan fingerprint density at radius 2 is 2.38 bits per heavy atom. The molecule has 1 saturated heterocycles. The van der Waals surface area contributed by atoms with Gasteiger partial charge in [0.1, 0.15) is 0 Å². The van der Waals surface area contributed by atoms with Gasteiger partial charge < -0.3 is 16.0 Å². The summed E-state index contributed by atoms with van der Waals surface area (Å²) in [5, 5.41) is 3.46. The first kappa shape index (κ1) is 11.7. The average molecular weight is 224 g/mol. The lowest BCUT2D eigenvalue weighted by Gasteiger charge is -2.47. The first-order valence-electron chi connectivity index (χ1n) is 6.34. The van der Waals surface area contributed by atoms with Gasteiger partial charge in [0.15, 0.2) is 5.96 Å². The normalized spacial score (nSPS) is 34.9. The Balaban J connectivity index is 2.19. The fourth-order valence-electron chi connectivity index (χ4n) is 2.95. The second kappa shape index (κ2) is 4.24. The van der Waals surface area contributed by atoms with Crippen molar-refractivity contribution in [3.63, 3.8) is 0 Å². The third-order valence-electron chi connectivity index (χ3n) is 3.98. The van der Waals surface area contributed by atoms with Gasteiger partial charge in [-0.1, -0.05) is 20.8 Å². The van der Waals surface area contributed by atoms with Gasteiger partial charge in [0.05, 0.1) is 12.1 Å². The van der Waals surface area contributed by atoms with Crippen LogP contribution >= 0.6 is 0 Å². The van der Waals surface area contributed by atoms with E-state index >= 15 is 0 Å². The standard InChI is InChI=1S/C12H24N4/c1-9(2)7-16-11(13)15-8-12(16)4-5-14-6-10(12)3/h9-10,14H,4-8H2,1-3H3,(H2,13,15). The number of nitrogens with one attached hydrogen (secondary N) is 1. The van der Waals surface area contributed by atoms with Gasteiger partial charge in [-0.2, -0.15) is 0 Å². The van der Waals surface area contributed by atoms with Crippen molar-refractivity contribution in [3.8, 4) is 0 Å². The van der Waals surface area contributed by atoms with Crippen LogP contribution in [0.15, 0.2) is 4.99 Å². The van der Waals surface area contributed by atoms with E-state index in [1.54, 1.807) is 0 Å². The number of nitrogens with zero attached hydrogens (tertiary/aromatic N) is 2. The molecule has 2 atom stereocenters. The number of nitrogens with two attached hydrogens (primary N) is 1. The lowest BCUT2D eigenvalue weighted by atomic mass is 9.78. The third-order valence-corrected chi connectivity index (χ3v) is 3.98. The monoisotopic (exact) mass is 224 g/mol. The van der Waals surface area contributed by atoms with Crippen molar-refractivity contribution >= 4 is 5.96 Å². The Labute approximate surface area is 98.3 Å². The summed E-state index contributed by atoms with van der Waals surface area (Å²) >= 11 is 0. The fourth-order valence-corrected chi connectivity index (χ4v) is 2.95. The minimum absolute atomic E-state index is 0.194. The molecular formula is C12H24N4. The first-order chi connectivity index (χ1) is 7.56. The lowest BCUT2D eigenvalue weighted by molar-refractivity contribution is 0.0846. The van der Waals surface area contributed by atoms with Crippen molar-refractivity contribution in [2.24, 2.45) is 22.6 Å². The van der Waals surface area contributed by atoms with E-state index in [1.165, 1.54) is 0 Å². The highest BCUT2D eigenvalue weighted by Crippen LogP contribution is 2.35. The highest BCUT2D eigenvalue weighted by Gasteiger charge is 2.47. The lowest BCUT2D eigenvalue weighted by Crippen LogP contribution is -2.61. The Hall–Kier alpha value is -0.770. The molecule has 2 heterocycles. The maximum atomic E-state index is 6.05. The van der Waals surface area contributed by atoms with Crippen LogP contribution in [-0.4, -0.2) is 42.6 Å². The van der Waals surface area contributed by atoms with Crippen LogP contribution in [0.25, 0.3) is 0 Å². The molecule has 16 heavy (non-hydrogen) atoms. The van der Waals surface area contributed by atoms with E-state index in [-0.39, 0.29) is 5.54 Å². The van der Waals surface area contributed by atoms with Crippen molar-refractivity contribution in [3.05, 3.63) is 0 Å². The van der Waals surface area contributed by atoms with E-state index in [2.05, 4.69) is 36.0 Å². The van der Waals surface area contributed by atoms with Crippen LogP contribution in [0.2, 0.25) is 0 Å². The number of guanidine groups is 1. The molecule has 1 fully saturated rings. The summed E-state index contributed by atoms with van der Waals surface area (Å²) in [6.45, 7) is 10.9.